The van der Waals surface area contributed by atoms with E-state index in [1.165, 1.54) is 6.07 Å². The highest BCUT2D eigenvalue weighted by Crippen LogP contribution is 2.25. The first-order chi connectivity index (χ1) is 10.5. The van der Waals surface area contributed by atoms with Crippen LogP contribution in [0.3, 0.4) is 0 Å². The third-order valence-corrected chi connectivity index (χ3v) is 3.34. The molecule has 4 nitrogen and oxygen atoms in total. The van der Waals surface area contributed by atoms with Crippen molar-refractivity contribution < 1.29 is 8.78 Å². The molecule has 0 unspecified atom stereocenters. The van der Waals surface area contributed by atoms with Crippen LogP contribution in [0, 0.1) is 18.6 Å². The average Bonchev–Trinajstić information content (AvgIpc) is 2.79. The van der Waals surface area contributed by atoms with Crippen LogP contribution in [-0.2, 0) is 6.54 Å². The molecular formula is C15H12F2N4S. The first-order valence-corrected chi connectivity index (χ1v) is 6.93. The van der Waals surface area contributed by atoms with Gasteiger partial charge in [0, 0.05) is 11.8 Å². The molecule has 0 saturated carbocycles. The van der Waals surface area contributed by atoms with Gasteiger partial charge in [-0.2, -0.15) is 0 Å². The van der Waals surface area contributed by atoms with Gasteiger partial charge in [-0.15, -0.1) is 0 Å². The number of imidazole rings is 1. The number of fused-ring (bicyclic) bond motifs is 1. The molecule has 0 radical (unpaired) electrons. The minimum atomic E-state index is -0.935. The van der Waals surface area contributed by atoms with Crippen LogP contribution >= 0.6 is 12.2 Å². The van der Waals surface area contributed by atoms with Crippen molar-refractivity contribution in [2.45, 2.75) is 13.5 Å². The van der Waals surface area contributed by atoms with E-state index < -0.39 is 11.6 Å². The summed E-state index contributed by atoms with van der Waals surface area (Å²) in [5.74, 6) is -1.40. The van der Waals surface area contributed by atoms with Gasteiger partial charge in [0.25, 0.3) is 0 Å². The zero-order valence-electron chi connectivity index (χ0n) is 11.7. The Kier molecular flexibility index (Phi) is 3.58. The van der Waals surface area contributed by atoms with E-state index in [-0.39, 0.29) is 11.5 Å². The van der Waals surface area contributed by atoms with E-state index in [1.807, 2.05) is 13.0 Å². The van der Waals surface area contributed by atoms with E-state index in [0.29, 0.717) is 22.6 Å². The minimum absolute atomic E-state index is 0.218. The van der Waals surface area contributed by atoms with Crippen molar-refractivity contribution >= 4 is 28.4 Å². The van der Waals surface area contributed by atoms with Gasteiger partial charge in [-0.3, -0.25) is 0 Å². The second kappa shape index (κ2) is 5.42. The Labute approximate surface area is 130 Å². The second-order valence-electron chi connectivity index (χ2n) is 4.97. The van der Waals surface area contributed by atoms with Crippen LogP contribution < -0.4 is 5.73 Å². The van der Waals surface area contributed by atoms with Crippen molar-refractivity contribution in [2.75, 3.05) is 0 Å². The molecule has 2 N–H and O–H groups in total. The molecule has 0 aliphatic heterocycles. The molecule has 2 heterocycles. The van der Waals surface area contributed by atoms with Crippen LogP contribution in [0.2, 0.25) is 0 Å². The quantitative estimate of drug-likeness (QED) is 0.754. The summed E-state index contributed by atoms with van der Waals surface area (Å²) in [6.07, 6.45) is 1.70. The predicted molar refractivity (Wildman–Crippen MR) is 84.4 cm³/mol. The summed E-state index contributed by atoms with van der Waals surface area (Å²) in [5, 5.41) is 0. The number of thiocarbonyl (C=S) groups is 1. The molecule has 3 rings (SSSR count). The van der Waals surface area contributed by atoms with E-state index in [9.17, 15) is 8.78 Å². The summed E-state index contributed by atoms with van der Waals surface area (Å²) in [5.41, 5.74) is 8.26. The molecule has 0 fully saturated rings. The van der Waals surface area contributed by atoms with Crippen LogP contribution in [0.15, 0.2) is 30.5 Å². The van der Waals surface area contributed by atoms with Gasteiger partial charge in [-0.05, 0) is 36.8 Å². The molecule has 22 heavy (non-hydrogen) atoms. The molecule has 0 bridgehead atoms. The number of hydrogen-bond donors (Lipinski definition) is 1. The molecule has 0 atom stereocenters. The third kappa shape index (κ3) is 2.55. The molecule has 0 saturated heterocycles. The number of nitrogens with two attached hydrogens (primary N) is 1. The molecule has 0 amide bonds. The predicted octanol–water partition coefficient (Wildman–Crippen LogP) is 2.97. The lowest BCUT2D eigenvalue weighted by Crippen LogP contribution is -2.17. The Morgan fingerprint density at radius 3 is 2.73 bits per heavy atom. The number of aromatic nitrogens is 3. The summed E-state index contributed by atoms with van der Waals surface area (Å²) < 4.78 is 28.3. The van der Waals surface area contributed by atoms with Crippen molar-refractivity contribution in [2.24, 2.45) is 5.73 Å². The van der Waals surface area contributed by atoms with Gasteiger partial charge in [0.05, 0.1) is 11.5 Å². The summed E-state index contributed by atoms with van der Waals surface area (Å²) in [7, 11) is 0. The highest BCUT2D eigenvalue weighted by atomic mass is 32.1. The summed E-state index contributed by atoms with van der Waals surface area (Å²) in [6, 6.07) is 5.48. The van der Waals surface area contributed by atoms with Gasteiger partial charge in [0.2, 0.25) is 0 Å². The van der Waals surface area contributed by atoms with Crippen LogP contribution in [0.5, 0.6) is 0 Å². The van der Waals surface area contributed by atoms with E-state index in [1.54, 1.807) is 10.8 Å². The number of aryl methyl sites for hydroxylation is 1. The number of rotatable bonds is 3. The van der Waals surface area contributed by atoms with Crippen LogP contribution in [0.1, 0.15) is 5.56 Å². The lowest BCUT2D eigenvalue weighted by atomic mass is 10.2. The summed E-state index contributed by atoms with van der Waals surface area (Å²) >= 11 is 4.96. The number of hydrogen-bond acceptors (Lipinski definition) is 3. The Hall–Kier alpha value is -2.41. The van der Waals surface area contributed by atoms with Gasteiger partial charge in [-0.25, -0.2) is 18.7 Å². The Balaban J connectivity index is 2.26. The van der Waals surface area contributed by atoms with Crippen LogP contribution in [0.4, 0.5) is 8.78 Å². The highest BCUT2D eigenvalue weighted by Gasteiger charge is 2.16. The summed E-state index contributed by atoms with van der Waals surface area (Å²) in [6.45, 7) is 2.12. The van der Waals surface area contributed by atoms with Gasteiger partial charge >= 0.3 is 0 Å². The fourth-order valence-corrected chi connectivity index (χ4v) is 2.40. The molecule has 1 aromatic carbocycles. The van der Waals surface area contributed by atoms with Crippen LogP contribution in [-0.4, -0.2) is 19.5 Å². The number of halogens is 2. The molecule has 0 aliphatic rings. The Morgan fingerprint density at radius 2 is 2.05 bits per heavy atom. The SMILES string of the molecule is Cc1cnc2c(c1)nc(-c1ccc(F)c(F)c1)n2CC(N)=S. The lowest BCUT2D eigenvalue weighted by Gasteiger charge is -2.08. The van der Waals surface area contributed by atoms with E-state index >= 15 is 0 Å². The minimum Gasteiger partial charge on any atom is -0.392 e. The van der Waals surface area contributed by atoms with Crippen molar-refractivity contribution in [1.82, 2.24) is 14.5 Å². The van der Waals surface area contributed by atoms with E-state index in [2.05, 4.69) is 9.97 Å². The Morgan fingerprint density at radius 1 is 1.27 bits per heavy atom. The number of pyridine rings is 1. The molecular weight excluding hydrogens is 306 g/mol. The normalized spacial score (nSPS) is 11.0. The second-order valence-corrected chi connectivity index (χ2v) is 5.50. The monoisotopic (exact) mass is 318 g/mol. The molecule has 112 valence electrons. The number of nitrogens with zero attached hydrogens (tertiary/aromatic N) is 3. The maximum Gasteiger partial charge on any atom is 0.160 e. The topological polar surface area (TPSA) is 56.7 Å². The maximum absolute atomic E-state index is 13.5. The molecule has 3 aromatic rings. The highest BCUT2D eigenvalue weighted by molar-refractivity contribution is 7.80. The van der Waals surface area contributed by atoms with E-state index in [0.717, 1.165) is 17.7 Å². The Bertz CT molecular complexity index is 889. The van der Waals surface area contributed by atoms with Gasteiger partial charge in [0.1, 0.15) is 11.3 Å². The smallest absolute Gasteiger partial charge is 0.160 e. The zero-order valence-corrected chi connectivity index (χ0v) is 12.5. The molecule has 7 heteroatoms. The summed E-state index contributed by atoms with van der Waals surface area (Å²) in [4.78, 5) is 9.06. The largest absolute Gasteiger partial charge is 0.392 e. The fraction of sp³-hybridized carbons (Fsp3) is 0.133. The van der Waals surface area contributed by atoms with Gasteiger partial charge in [0.15, 0.2) is 17.3 Å². The number of benzene rings is 1. The van der Waals surface area contributed by atoms with Crippen molar-refractivity contribution in [1.29, 1.82) is 0 Å². The first-order valence-electron chi connectivity index (χ1n) is 6.52. The van der Waals surface area contributed by atoms with Gasteiger partial charge < -0.3 is 10.3 Å². The maximum atomic E-state index is 13.5. The molecule has 0 spiro atoms. The van der Waals surface area contributed by atoms with Crippen molar-refractivity contribution in [3.05, 3.63) is 47.7 Å². The lowest BCUT2D eigenvalue weighted by molar-refractivity contribution is 0.509. The molecule has 2 aromatic heterocycles. The van der Waals surface area contributed by atoms with Crippen molar-refractivity contribution in [3.63, 3.8) is 0 Å². The standard InChI is InChI=1S/C15H12F2N4S/c1-8-4-12-15(19-6-8)21(7-13(18)22)14(20-12)9-2-3-10(16)11(17)5-9/h2-6H,7H2,1H3,(H2,18,22). The van der Waals surface area contributed by atoms with Crippen molar-refractivity contribution in [3.8, 4) is 11.4 Å². The molecule has 0 aliphatic carbocycles. The van der Waals surface area contributed by atoms with Gasteiger partial charge in [-0.1, -0.05) is 12.2 Å². The zero-order chi connectivity index (χ0) is 15.9. The fourth-order valence-electron chi connectivity index (χ4n) is 2.27. The third-order valence-electron chi connectivity index (χ3n) is 3.21. The van der Waals surface area contributed by atoms with E-state index in [4.69, 9.17) is 18.0 Å². The first kappa shape index (κ1) is 14.5. The van der Waals surface area contributed by atoms with Crippen LogP contribution in [0.25, 0.3) is 22.6 Å². The average molecular weight is 318 g/mol.